The lowest BCUT2D eigenvalue weighted by atomic mass is 9.96. The summed E-state index contributed by atoms with van der Waals surface area (Å²) in [7, 11) is 0. The van der Waals surface area contributed by atoms with E-state index in [1.165, 1.54) is 17.2 Å². The van der Waals surface area contributed by atoms with Gasteiger partial charge in [0.15, 0.2) is 0 Å². The molecule has 1 saturated heterocycles. The fourth-order valence-electron chi connectivity index (χ4n) is 4.31. The smallest absolute Gasteiger partial charge is 0.367 e. The van der Waals surface area contributed by atoms with E-state index in [9.17, 15) is 17.6 Å². The zero-order chi connectivity index (χ0) is 23.4. The van der Waals surface area contributed by atoms with Crippen molar-refractivity contribution in [3.63, 3.8) is 0 Å². The van der Waals surface area contributed by atoms with Crippen LogP contribution >= 0.6 is 11.8 Å². The highest BCUT2D eigenvalue weighted by Gasteiger charge is 2.29. The summed E-state index contributed by atoms with van der Waals surface area (Å²) in [6, 6.07) is 23.6. The number of alkyl halides is 3. The molecule has 0 saturated carbocycles. The Labute approximate surface area is 196 Å². The second-order valence-corrected chi connectivity index (χ2v) is 9.24. The van der Waals surface area contributed by atoms with Crippen LogP contribution in [0, 0.1) is 12.7 Å². The Morgan fingerprint density at radius 1 is 0.848 bits per heavy atom. The molecular formula is C26H26F4N2S. The predicted octanol–water partition coefficient (Wildman–Crippen LogP) is 6.70. The lowest BCUT2D eigenvalue weighted by molar-refractivity contribution is -0.105. The third-order valence-corrected chi connectivity index (χ3v) is 7.11. The SMILES string of the molecule is Cc1cc(F)c(N2CCN(C(c3ccccc3)c3ccccc3)CC2)cc1SCC(F)(F)F. The quantitative estimate of drug-likeness (QED) is 0.290. The summed E-state index contributed by atoms with van der Waals surface area (Å²) in [6.07, 6.45) is -4.26. The van der Waals surface area contributed by atoms with Gasteiger partial charge in [-0.25, -0.2) is 4.39 Å². The standard InChI is InChI=1S/C26H26F4N2S/c1-19-16-22(27)23(17-24(19)33-18-26(28,29)30)31-12-14-32(15-13-31)25(20-8-4-2-5-9-20)21-10-6-3-7-11-21/h2-11,16-17,25H,12-15,18H2,1H3. The molecule has 1 fully saturated rings. The van der Waals surface area contributed by atoms with Crippen molar-refractivity contribution in [1.29, 1.82) is 0 Å². The number of aryl methyl sites for hydroxylation is 1. The minimum absolute atomic E-state index is 0.0929. The molecular weight excluding hydrogens is 448 g/mol. The van der Waals surface area contributed by atoms with Crippen LogP contribution < -0.4 is 4.90 Å². The molecule has 2 nitrogen and oxygen atoms in total. The molecule has 0 unspecified atom stereocenters. The van der Waals surface area contributed by atoms with E-state index < -0.39 is 11.9 Å². The maximum Gasteiger partial charge on any atom is 0.398 e. The van der Waals surface area contributed by atoms with Gasteiger partial charge >= 0.3 is 6.18 Å². The normalized spacial score (nSPS) is 15.3. The molecule has 1 heterocycles. The lowest BCUT2D eigenvalue weighted by Gasteiger charge is -2.41. The van der Waals surface area contributed by atoms with Crippen LogP contribution in [0.25, 0.3) is 0 Å². The molecule has 0 bridgehead atoms. The molecule has 33 heavy (non-hydrogen) atoms. The third kappa shape index (κ3) is 5.89. The Morgan fingerprint density at radius 3 is 1.91 bits per heavy atom. The van der Waals surface area contributed by atoms with Gasteiger partial charge in [0.2, 0.25) is 0 Å². The number of piperazine rings is 1. The van der Waals surface area contributed by atoms with Gasteiger partial charge in [0.05, 0.1) is 17.5 Å². The average Bonchev–Trinajstić information content (AvgIpc) is 2.80. The molecule has 3 aromatic carbocycles. The molecule has 3 aromatic rings. The number of hydrogen-bond donors (Lipinski definition) is 0. The number of rotatable bonds is 6. The van der Waals surface area contributed by atoms with Gasteiger partial charge in [-0.05, 0) is 35.7 Å². The number of thioether (sulfide) groups is 1. The molecule has 0 aromatic heterocycles. The largest absolute Gasteiger partial charge is 0.398 e. The summed E-state index contributed by atoms with van der Waals surface area (Å²) in [4.78, 5) is 4.79. The van der Waals surface area contributed by atoms with E-state index in [0.717, 1.165) is 0 Å². The van der Waals surface area contributed by atoms with Crippen LogP contribution in [0.4, 0.5) is 23.2 Å². The van der Waals surface area contributed by atoms with Crippen LogP contribution in [0.5, 0.6) is 0 Å². The van der Waals surface area contributed by atoms with Gasteiger partial charge < -0.3 is 4.90 Å². The molecule has 0 spiro atoms. The van der Waals surface area contributed by atoms with Crippen molar-refractivity contribution in [2.75, 3.05) is 36.8 Å². The monoisotopic (exact) mass is 474 g/mol. The zero-order valence-corrected chi connectivity index (χ0v) is 19.2. The Hall–Kier alpha value is -2.51. The minimum atomic E-state index is -4.26. The highest BCUT2D eigenvalue weighted by atomic mass is 32.2. The minimum Gasteiger partial charge on any atom is -0.367 e. The zero-order valence-electron chi connectivity index (χ0n) is 18.4. The molecule has 4 rings (SSSR count). The molecule has 7 heteroatoms. The van der Waals surface area contributed by atoms with Gasteiger partial charge in [0.25, 0.3) is 0 Å². The maximum absolute atomic E-state index is 14.8. The van der Waals surface area contributed by atoms with Crippen molar-refractivity contribution in [1.82, 2.24) is 4.90 Å². The van der Waals surface area contributed by atoms with Gasteiger partial charge in [-0.1, -0.05) is 60.7 Å². The number of benzene rings is 3. The fourth-order valence-corrected chi connectivity index (χ4v) is 5.11. The first kappa shape index (κ1) is 23.6. The predicted molar refractivity (Wildman–Crippen MR) is 126 cm³/mol. The summed E-state index contributed by atoms with van der Waals surface area (Å²) >= 11 is 0.712. The van der Waals surface area contributed by atoms with Crippen molar-refractivity contribution >= 4 is 17.4 Å². The highest BCUT2D eigenvalue weighted by Crippen LogP contribution is 2.35. The number of hydrogen-bond acceptors (Lipinski definition) is 3. The number of anilines is 1. The topological polar surface area (TPSA) is 6.48 Å². The van der Waals surface area contributed by atoms with Crippen molar-refractivity contribution < 1.29 is 17.6 Å². The molecule has 0 atom stereocenters. The maximum atomic E-state index is 14.8. The summed E-state index contributed by atoms with van der Waals surface area (Å²) in [5.74, 6) is -1.37. The van der Waals surface area contributed by atoms with Crippen LogP contribution in [-0.4, -0.2) is 43.0 Å². The van der Waals surface area contributed by atoms with Crippen LogP contribution in [0.3, 0.4) is 0 Å². The van der Waals surface area contributed by atoms with E-state index in [0.29, 0.717) is 54.1 Å². The van der Waals surface area contributed by atoms with E-state index >= 15 is 0 Å². The summed E-state index contributed by atoms with van der Waals surface area (Å²) in [5, 5.41) is 0. The Balaban J connectivity index is 1.52. The van der Waals surface area contributed by atoms with Crippen LogP contribution in [0.15, 0.2) is 77.7 Å². The first-order valence-corrected chi connectivity index (χ1v) is 11.9. The van der Waals surface area contributed by atoms with Gasteiger partial charge in [-0.2, -0.15) is 13.2 Å². The van der Waals surface area contributed by atoms with Crippen molar-refractivity contribution in [3.8, 4) is 0 Å². The molecule has 174 valence electrons. The molecule has 1 aliphatic rings. The van der Waals surface area contributed by atoms with Gasteiger partial charge in [-0.3, -0.25) is 4.90 Å². The van der Waals surface area contributed by atoms with Crippen molar-refractivity contribution in [2.24, 2.45) is 0 Å². The lowest BCUT2D eigenvalue weighted by Crippen LogP contribution is -2.48. The molecule has 1 aliphatic heterocycles. The highest BCUT2D eigenvalue weighted by molar-refractivity contribution is 7.99. The van der Waals surface area contributed by atoms with Crippen molar-refractivity contribution in [2.45, 2.75) is 24.0 Å². The van der Waals surface area contributed by atoms with E-state index in [4.69, 9.17) is 0 Å². The van der Waals surface area contributed by atoms with Crippen molar-refractivity contribution in [3.05, 3.63) is 95.3 Å². The molecule has 0 radical (unpaired) electrons. The summed E-state index contributed by atoms with van der Waals surface area (Å²) < 4.78 is 52.9. The Bertz CT molecular complexity index is 1010. The third-order valence-electron chi connectivity index (χ3n) is 5.89. The molecule has 0 amide bonds. The molecule has 0 aliphatic carbocycles. The van der Waals surface area contributed by atoms with Gasteiger partial charge in [0.1, 0.15) is 5.82 Å². The second kappa shape index (κ2) is 10.2. The molecule has 0 N–H and O–H groups in total. The average molecular weight is 475 g/mol. The Morgan fingerprint density at radius 2 is 1.39 bits per heavy atom. The second-order valence-electron chi connectivity index (χ2n) is 8.22. The van der Waals surface area contributed by atoms with E-state index in [2.05, 4.69) is 29.2 Å². The Kier molecular flexibility index (Phi) is 7.29. The van der Waals surface area contributed by atoms with Gasteiger partial charge in [-0.15, -0.1) is 11.8 Å². The van der Waals surface area contributed by atoms with E-state index in [-0.39, 0.29) is 11.9 Å². The summed E-state index contributed by atoms with van der Waals surface area (Å²) in [6.45, 7) is 4.27. The first-order valence-electron chi connectivity index (χ1n) is 10.9. The van der Waals surface area contributed by atoms with Crippen LogP contribution in [0.1, 0.15) is 22.7 Å². The fraction of sp³-hybridized carbons (Fsp3) is 0.308. The van der Waals surface area contributed by atoms with E-state index in [1.54, 1.807) is 13.0 Å². The number of nitrogens with zero attached hydrogens (tertiary/aromatic N) is 2. The first-order chi connectivity index (χ1) is 15.8. The summed E-state index contributed by atoms with van der Waals surface area (Å²) in [5.41, 5.74) is 3.30. The number of halogens is 4. The van der Waals surface area contributed by atoms with Crippen LogP contribution in [-0.2, 0) is 0 Å². The van der Waals surface area contributed by atoms with E-state index in [1.807, 2.05) is 41.3 Å². The van der Waals surface area contributed by atoms with Crippen LogP contribution in [0.2, 0.25) is 0 Å². The van der Waals surface area contributed by atoms with Gasteiger partial charge in [0, 0.05) is 31.1 Å².